The summed E-state index contributed by atoms with van der Waals surface area (Å²) in [5, 5.41) is 4.22. The highest BCUT2D eigenvalue weighted by molar-refractivity contribution is 6.31. The molecule has 3 rings (SSSR count). The normalized spacial score (nSPS) is 16.7. The van der Waals surface area contributed by atoms with Crippen molar-refractivity contribution in [2.45, 2.75) is 25.6 Å². The maximum Gasteiger partial charge on any atom is 0.122 e. The Morgan fingerprint density at radius 1 is 1.33 bits per heavy atom. The summed E-state index contributed by atoms with van der Waals surface area (Å²) in [4.78, 5) is 6.87. The van der Waals surface area contributed by atoms with E-state index in [1.807, 2.05) is 31.4 Å². The maximum atomic E-state index is 6.30. The highest BCUT2D eigenvalue weighted by atomic mass is 35.5. The number of hydrogen-bond acceptors (Lipinski definition) is 3. The summed E-state index contributed by atoms with van der Waals surface area (Å²) in [7, 11) is 2.00. The van der Waals surface area contributed by atoms with Crippen LogP contribution >= 0.6 is 11.6 Å². The van der Waals surface area contributed by atoms with Gasteiger partial charge in [-0.3, -0.25) is 4.90 Å². The first-order valence-corrected chi connectivity index (χ1v) is 7.80. The van der Waals surface area contributed by atoms with Gasteiger partial charge in [0.05, 0.1) is 6.54 Å². The van der Waals surface area contributed by atoms with Crippen LogP contribution in [0.1, 0.15) is 23.9 Å². The Morgan fingerprint density at radius 3 is 3.00 bits per heavy atom. The molecule has 0 spiro atoms. The summed E-state index contributed by atoms with van der Waals surface area (Å²) in [6, 6.07) is 8.37. The second-order valence-electron chi connectivity index (χ2n) is 5.46. The fraction of sp³-hybridized carbons (Fsp3) is 0.438. The Labute approximate surface area is 130 Å². The molecule has 4 nitrogen and oxygen atoms in total. The van der Waals surface area contributed by atoms with E-state index in [0.717, 1.165) is 37.6 Å². The van der Waals surface area contributed by atoms with E-state index in [-0.39, 0.29) is 0 Å². The highest BCUT2D eigenvalue weighted by Gasteiger charge is 2.19. The van der Waals surface area contributed by atoms with Crippen molar-refractivity contribution in [2.24, 2.45) is 0 Å². The first kappa shape index (κ1) is 14.6. The lowest BCUT2D eigenvalue weighted by Gasteiger charge is -2.29. The van der Waals surface area contributed by atoms with Crippen LogP contribution in [0.3, 0.4) is 0 Å². The summed E-state index contributed by atoms with van der Waals surface area (Å²) in [6.07, 6.45) is 4.99. The molecule has 0 amide bonds. The number of fused-ring (bicyclic) bond motifs is 1. The van der Waals surface area contributed by atoms with Gasteiger partial charge in [0.2, 0.25) is 0 Å². The standard InChI is InChI=1S/C16H21ClN4/c1-18-15(13-4-2-3-5-14(13)17)6-8-20-10-11-21-9-7-19-16(21)12-20/h2-5,7,9,15,18H,6,8,10-12H2,1H3. The van der Waals surface area contributed by atoms with Crippen molar-refractivity contribution < 1.29 is 0 Å². The fourth-order valence-electron chi connectivity index (χ4n) is 2.94. The monoisotopic (exact) mass is 304 g/mol. The van der Waals surface area contributed by atoms with E-state index in [9.17, 15) is 0 Å². The van der Waals surface area contributed by atoms with Crippen LogP contribution in [0.15, 0.2) is 36.7 Å². The van der Waals surface area contributed by atoms with Crippen LogP contribution in [-0.4, -0.2) is 34.6 Å². The van der Waals surface area contributed by atoms with Gasteiger partial charge >= 0.3 is 0 Å². The van der Waals surface area contributed by atoms with Gasteiger partial charge < -0.3 is 9.88 Å². The molecule has 21 heavy (non-hydrogen) atoms. The Kier molecular flexibility index (Phi) is 4.58. The molecule has 1 aliphatic heterocycles. The number of hydrogen-bond donors (Lipinski definition) is 1. The molecule has 1 N–H and O–H groups in total. The first-order chi connectivity index (χ1) is 10.3. The molecule has 0 bridgehead atoms. The third-order valence-corrected chi connectivity index (χ3v) is 4.53. The quantitative estimate of drug-likeness (QED) is 0.922. The van der Waals surface area contributed by atoms with Crippen molar-refractivity contribution >= 4 is 11.6 Å². The number of nitrogens with zero attached hydrogens (tertiary/aromatic N) is 3. The van der Waals surface area contributed by atoms with Gasteiger partial charge in [0.15, 0.2) is 0 Å². The second kappa shape index (κ2) is 6.60. The predicted molar refractivity (Wildman–Crippen MR) is 85.4 cm³/mol. The summed E-state index contributed by atoms with van der Waals surface area (Å²) >= 11 is 6.30. The van der Waals surface area contributed by atoms with Gasteiger partial charge in [-0.25, -0.2) is 4.98 Å². The molecule has 1 aliphatic rings. The molecule has 0 saturated heterocycles. The molecule has 5 heteroatoms. The zero-order chi connectivity index (χ0) is 14.7. The van der Waals surface area contributed by atoms with Crippen molar-refractivity contribution in [3.8, 4) is 0 Å². The fourth-order valence-corrected chi connectivity index (χ4v) is 3.21. The van der Waals surface area contributed by atoms with Crippen molar-refractivity contribution in [1.82, 2.24) is 19.8 Å². The third-order valence-electron chi connectivity index (χ3n) is 4.19. The van der Waals surface area contributed by atoms with Crippen LogP contribution in [0.5, 0.6) is 0 Å². The molecule has 1 aromatic carbocycles. The lowest BCUT2D eigenvalue weighted by molar-refractivity contribution is 0.207. The molecule has 1 unspecified atom stereocenters. The van der Waals surface area contributed by atoms with Crippen molar-refractivity contribution in [1.29, 1.82) is 0 Å². The Bertz CT molecular complexity index is 595. The molecule has 1 aromatic heterocycles. The van der Waals surface area contributed by atoms with Gasteiger partial charge in [-0.2, -0.15) is 0 Å². The van der Waals surface area contributed by atoms with Gasteiger partial charge in [0, 0.05) is 43.1 Å². The third kappa shape index (κ3) is 3.28. The summed E-state index contributed by atoms with van der Waals surface area (Å²) in [5.41, 5.74) is 1.18. The minimum absolute atomic E-state index is 0.292. The Hall–Kier alpha value is -1.36. The van der Waals surface area contributed by atoms with E-state index in [0.29, 0.717) is 6.04 Å². The van der Waals surface area contributed by atoms with E-state index in [2.05, 4.69) is 32.0 Å². The average Bonchev–Trinajstić information content (AvgIpc) is 2.97. The molecule has 0 fully saturated rings. The average molecular weight is 305 g/mol. The van der Waals surface area contributed by atoms with E-state index < -0.39 is 0 Å². The lowest BCUT2D eigenvalue weighted by atomic mass is 10.0. The maximum absolute atomic E-state index is 6.30. The molecular weight excluding hydrogens is 284 g/mol. The zero-order valence-corrected chi connectivity index (χ0v) is 13.1. The number of imidazole rings is 1. The minimum Gasteiger partial charge on any atom is -0.333 e. The summed E-state index contributed by atoms with van der Waals surface area (Å²) in [5.74, 6) is 1.17. The van der Waals surface area contributed by atoms with Crippen LogP contribution in [0.2, 0.25) is 5.02 Å². The van der Waals surface area contributed by atoms with E-state index in [1.165, 1.54) is 11.4 Å². The van der Waals surface area contributed by atoms with E-state index in [4.69, 9.17) is 11.6 Å². The highest BCUT2D eigenvalue weighted by Crippen LogP contribution is 2.25. The molecule has 2 aromatic rings. The largest absolute Gasteiger partial charge is 0.333 e. The van der Waals surface area contributed by atoms with E-state index >= 15 is 0 Å². The molecule has 2 heterocycles. The van der Waals surface area contributed by atoms with Gasteiger partial charge in [-0.15, -0.1) is 0 Å². The first-order valence-electron chi connectivity index (χ1n) is 7.42. The van der Waals surface area contributed by atoms with Gasteiger partial charge in [0.1, 0.15) is 5.82 Å². The molecule has 1 atom stereocenters. The van der Waals surface area contributed by atoms with Crippen molar-refractivity contribution in [2.75, 3.05) is 20.1 Å². The number of nitrogens with one attached hydrogen (secondary N) is 1. The minimum atomic E-state index is 0.292. The summed E-state index contributed by atoms with van der Waals surface area (Å²) < 4.78 is 2.24. The Morgan fingerprint density at radius 2 is 2.19 bits per heavy atom. The van der Waals surface area contributed by atoms with E-state index in [1.54, 1.807) is 0 Å². The zero-order valence-electron chi connectivity index (χ0n) is 12.3. The van der Waals surface area contributed by atoms with Gasteiger partial charge in [0.25, 0.3) is 0 Å². The molecule has 0 saturated carbocycles. The lowest BCUT2D eigenvalue weighted by Crippen LogP contribution is -2.35. The van der Waals surface area contributed by atoms with Crippen LogP contribution in [0, 0.1) is 0 Å². The SMILES string of the molecule is CNC(CCN1CCn2ccnc2C1)c1ccccc1Cl. The summed E-state index contributed by atoms with van der Waals surface area (Å²) in [6.45, 7) is 4.10. The number of halogens is 1. The number of rotatable bonds is 5. The number of aromatic nitrogens is 2. The van der Waals surface area contributed by atoms with Crippen LogP contribution < -0.4 is 5.32 Å². The molecular formula is C16H21ClN4. The number of benzene rings is 1. The van der Waals surface area contributed by atoms with Crippen molar-refractivity contribution in [3.05, 3.63) is 53.1 Å². The van der Waals surface area contributed by atoms with Crippen LogP contribution in [0.25, 0.3) is 0 Å². The predicted octanol–water partition coefficient (Wildman–Crippen LogP) is 2.70. The molecule has 0 aliphatic carbocycles. The van der Waals surface area contributed by atoms with Crippen LogP contribution in [-0.2, 0) is 13.1 Å². The van der Waals surface area contributed by atoms with Gasteiger partial charge in [-0.1, -0.05) is 29.8 Å². The topological polar surface area (TPSA) is 33.1 Å². The smallest absolute Gasteiger partial charge is 0.122 e. The van der Waals surface area contributed by atoms with Crippen molar-refractivity contribution in [3.63, 3.8) is 0 Å². The van der Waals surface area contributed by atoms with Gasteiger partial charge in [-0.05, 0) is 25.1 Å². The van der Waals surface area contributed by atoms with Crippen LogP contribution in [0.4, 0.5) is 0 Å². The Balaban J connectivity index is 1.60. The second-order valence-corrected chi connectivity index (χ2v) is 5.87. The molecule has 112 valence electrons. The molecule has 0 radical (unpaired) electrons.